The number of hydrogen-bond acceptors (Lipinski definition) is 3. The van der Waals surface area contributed by atoms with Crippen LogP contribution in [0.2, 0.25) is 0 Å². The van der Waals surface area contributed by atoms with Crippen LogP contribution in [0.4, 0.5) is 0 Å². The summed E-state index contributed by atoms with van der Waals surface area (Å²) in [4.78, 5) is 0. The zero-order chi connectivity index (χ0) is 9.47. The summed E-state index contributed by atoms with van der Waals surface area (Å²) in [7, 11) is -2.96. The van der Waals surface area contributed by atoms with Gasteiger partial charge >= 0.3 is 0 Å². The Morgan fingerprint density at radius 2 is 2.23 bits per heavy atom. The molecule has 2 atom stereocenters. The molecule has 4 nitrogen and oxygen atoms in total. The second kappa shape index (κ2) is 3.22. The van der Waals surface area contributed by atoms with Crippen molar-refractivity contribution in [1.29, 1.82) is 0 Å². The molecule has 3 aliphatic rings. The van der Waals surface area contributed by atoms with E-state index in [1.807, 2.05) is 0 Å². The van der Waals surface area contributed by atoms with Crippen molar-refractivity contribution in [3.05, 3.63) is 0 Å². The first-order valence-electron chi connectivity index (χ1n) is 4.86. The third-order valence-electron chi connectivity index (χ3n) is 3.02. The zero-order valence-electron chi connectivity index (χ0n) is 7.86. The highest BCUT2D eigenvalue weighted by molar-refractivity contribution is 7.89. The second-order valence-electron chi connectivity index (χ2n) is 3.81. The van der Waals surface area contributed by atoms with Gasteiger partial charge in [0.05, 0.1) is 5.75 Å². The fraction of sp³-hybridized carbons (Fsp3) is 1.00. The highest BCUT2D eigenvalue weighted by atomic mass is 32.2. The molecule has 0 saturated carbocycles. The molecular formula is C8H16N2O2S. The topological polar surface area (TPSA) is 49.4 Å². The maximum absolute atomic E-state index is 11.6. The summed E-state index contributed by atoms with van der Waals surface area (Å²) in [5.74, 6) is 0.232. The van der Waals surface area contributed by atoms with E-state index in [-0.39, 0.29) is 11.8 Å². The van der Waals surface area contributed by atoms with Gasteiger partial charge in [0.1, 0.15) is 0 Å². The smallest absolute Gasteiger partial charge is 0.214 e. The van der Waals surface area contributed by atoms with Gasteiger partial charge in [0.25, 0.3) is 0 Å². The molecule has 3 fully saturated rings. The first-order valence-corrected chi connectivity index (χ1v) is 6.47. The molecule has 0 amide bonds. The third-order valence-corrected chi connectivity index (χ3v) is 4.91. The minimum absolute atomic E-state index is 0.218. The molecular weight excluding hydrogens is 188 g/mol. The van der Waals surface area contributed by atoms with Crippen LogP contribution in [0.15, 0.2) is 0 Å². The summed E-state index contributed by atoms with van der Waals surface area (Å²) in [6.07, 6.45) is 2.15. The number of fused-ring (bicyclic) bond motifs is 3. The van der Waals surface area contributed by atoms with E-state index in [4.69, 9.17) is 0 Å². The van der Waals surface area contributed by atoms with Gasteiger partial charge in [0.2, 0.25) is 10.0 Å². The highest BCUT2D eigenvalue weighted by Gasteiger charge is 2.38. The maximum atomic E-state index is 11.6. The summed E-state index contributed by atoms with van der Waals surface area (Å²) in [6, 6.07) is 0.612. The van der Waals surface area contributed by atoms with E-state index in [0.29, 0.717) is 12.6 Å². The number of piperidine rings is 2. The van der Waals surface area contributed by atoms with Crippen molar-refractivity contribution in [2.45, 2.75) is 31.8 Å². The van der Waals surface area contributed by atoms with Crippen molar-refractivity contribution in [3.8, 4) is 0 Å². The molecule has 5 heteroatoms. The first-order chi connectivity index (χ1) is 6.13. The van der Waals surface area contributed by atoms with Gasteiger partial charge in [-0.25, -0.2) is 8.42 Å². The van der Waals surface area contributed by atoms with Gasteiger partial charge in [-0.05, 0) is 19.8 Å². The van der Waals surface area contributed by atoms with Crippen LogP contribution in [0.3, 0.4) is 0 Å². The Morgan fingerprint density at radius 3 is 2.62 bits per heavy atom. The maximum Gasteiger partial charge on any atom is 0.214 e. The number of piperazine rings is 1. The average Bonchev–Trinajstić information content (AvgIpc) is 2.19. The van der Waals surface area contributed by atoms with Gasteiger partial charge in [-0.15, -0.1) is 0 Å². The molecule has 1 N–H and O–H groups in total. The molecule has 0 aromatic heterocycles. The molecule has 2 bridgehead atoms. The Kier molecular flexibility index (Phi) is 2.33. The van der Waals surface area contributed by atoms with Crippen molar-refractivity contribution >= 4 is 10.0 Å². The molecule has 13 heavy (non-hydrogen) atoms. The van der Waals surface area contributed by atoms with Crippen molar-refractivity contribution in [3.63, 3.8) is 0 Å². The van der Waals surface area contributed by atoms with E-state index in [1.54, 1.807) is 11.2 Å². The fourth-order valence-corrected chi connectivity index (χ4v) is 3.55. The molecule has 0 radical (unpaired) electrons. The number of hydrogen-bond donors (Lipinski definition) is 1. The monoisotopic (exact) mass is 204 g/mol. The Morgan fingerprint density at radius 1 is 1.46 bits per heavy atom. The number of sulfonamides is 1. The summed E-state index contributed by atoms with van der Waals surface area (Å²) in [6.45, 7) is 3.23. The minimum atomic E-state index is -2.96. The van der Waals surface area contributed by atoms with Gasteiger partial charge in [0.15, 0.2) is 0 Å². The molecule has 2 unspecified atom stereocenters. The summed E-state index contributed by atoms with van der Waals surface area (Å²) in [5, 5.41) is 3.34. The van der Waals surface area contributed by atoms with Crippen molar-refractivity contribution in [2.24, 2.45) is 0 Å². The Balaban J connectivity index is 2.18. The van der Waals surface area contributed by atoms with Gasteiger partial charge in [-0.1, -0.05) is 0 Å². The van der Waals surface area contributed by atoms with Crippen molar-refractivity contribution < 1.29 is 8.42 Å². The molecule has 3 aliphatic heterocycles. The van der Waals surface area contributed by atoms with Gasteiger partial charge in [0, 0.05) is 25.2 Å². The fourth-order valence-electron chi connectivity index (χ4n) is 2.17. The van der Waals surface area contributed by atoms with Crippen LogP contribution in [0, 0.1) is 0 Å². The lowest BCUT2D eigenvalue weighted by molar-refractivity contribution is 0.152. The normalized spacial score (nSPS) is 35.2. The minimum Gasteiger partial charge on any atom is -0.311 e. The van der Waals surface area contributed by atoms with Crippen molar-refractivity contribution in [1.82, 2.24) is 9.62 Å². The van der Waals surface area contributed by atoms with E-state index in [1.165, 1.54) is 0 Å². The van der Waals surface area contributed by atoms with Crippen molar-refractivity contribution in [2.75, 3.05) is 18.8 Å². The standard InChI is InChI=1S/C8H16N2O2S/c1-2-13(11,12)10-6-7-3-4-8(10)5-9-7/h7-9H,2-6H2,1H3. The van der Waals surface area contributed by atoms with Crippen LogP contribution in [0.5, 0.6) is 0 Å². The van der Waals surface area contributed by atoms with Crippen LogP contribution >= 0.6 is 0 Å². The lowest BCUT2D eigenvalue weighted by Crippen LogP contribution is -2.62. The van der Waals surface area contributed by atoms with Crippen LogP contribution < -0.4 is 5.32 Å². The number of rotatable bonds is 2. The van der Waals surface area contributed by atoms with Crippen LogP contribution in [-0.2, 0) is 10.0 Å². The van der Waals surface area contributed by atoms with Crippen LogP contribution in [0.25, 0.3) is 0 Å². The largest absolute Gasteiger partial charge is 0.311 e. The van der Waals surface area contributed by atoms with Gasteiger partial charge in [-0.3, -0.25) is 0 Å². The van der Waals surface area contributed by atoms with E-state index >= 15 is 0 Å². The predicted octanol–water partition coefficient (Wildman–Crippen LogP) is -0.228. The number of nitrogens with one attached hydrogen (secondary N) is 1. The molecule has 3 rings (SSSR count). The molecule has 3 saturated heterocycles. The zero-order valence-corrected chi connectivity index (χ0v) is 8.68. The summed E-state index contributed by atoms with van der Waals surface area (Å²) >= 11 is 0. The Bertz CT molecular complexity index is 281. The quantitative estimate of drug-likeness (QED) is 0.676. The van der Waals surface area contributed by atoms with E-state index < -0.39 is 10.0 Å². The SMILES string of the molecule is CCS(=O)(=O)N1CC2CCC1CN2. The molecule has 76 valence electrons. The summed E-state index contributed by atoms with van der Waals surface area (Å²) < 4.78 is 25.0. The van der Waals surface area contributed by atoms with Crippen LogP contribution in [0.1, 0.15) is 19.8 Å². The van der Waals surface area contributed by atoms with Gasteiger partial charge < -0.3 is 5.32 Å². The molecule has 0 aromatic carbocycles. The van der Waals surface area contributed by atoms with Crippen LogP contribution in [-0.4, -0.2) is 43.6 Å². The summed E-state index contributed by atoms with van der Waals surface area (Å²) in [5.41, 5.74) is 0. The van der Waals surface area contributed by atoms with E-state index in [2.05, 4.69) is 5.32 Å². The second-order valence-corrected chi connectivity index (χ2v) is 6.02. The Labute approximate surface area is 79.4 Å². The predicted molar refractivity (Wildman–Crippen MR) is 51.0 cm³/mol. The van der Waals surface area contributed by atoms with E-state index in [0.717, 1.165) is 19.4 Å². The first kappa shape index (κ1) is 9.43. The number of nitrogens with zero attached hydrogens (tertiary/aromatic N) is 1. The van der Waals surface area contributed by atoms with E-state index in [9.17, 15) is 8.42 Å². The molecule has 3 heterocycles. The lowest BCUT2D eigenvalue weighted by Gasteiger charge is -2.44. The Hall–Kier alpha value is -0.130. The lowest BCUT2D eigenvalue weighted by atomic mass is 9.96. The van der Waals surface area contributed by atoms with Gasteiger partial charge in [-0.2, -0.15) is 4.31 Å². The molecule has 0 spiro atoms. The third kappa shape index (κ3) is 1.60. The highest BCUT2D eigenvalue weighted by Crippen LogP contribution is 2.24. The molecule has 0 aliphatic carbocycles. The average molecular weight is 204 g/mol. The molecule has 0 aromatic rings.